The van der Waals surface area contributed by atoms with Crippen molar-refractivity contribution in [2.45, 2.75) is 13.5 Å². The van der Waals surface area contributed by atoms with Crippen LogP contribution in [-0.4, -0.2) is 21.3 Å². The van der Waals surface area contributed by atoms with E-state index in [4.69, 9.17) is 5.11 Å². The van der Waals surface area contributed by atoms with Crippen LogP contribution in [0.3, 0.4) is 0 Å². The van der Waals surface area contributed by atoms with E-state index in [0.29, 0.717) is 12.1 Å². The van der Waals surface area contributed by atoms with E-state index in [1.807, 2.05) is 0 Å². The van der Waals surface area contributed by atoms with Gasteiger partial charge in [0.2, 0.25) is 0 Å². The number of aryl methyl sites for hydroxylation is 1. The Kier molecular flexibility index (Phi) is 3.41. The number of aliphatic hydroxyl groups is 1. The first-order valence-corrected chi connectivity index (χ1v) is 4.21. The van der Waals surface area contributed by atoms with E-state index in [-0.39, 0.29) is 12.2 Å². The Morgan fingerprint density at radius 2 is 2.21 bits per heavy atom. The maximum absolute atomic E-state index is 11.2. The molecular weight excluding hydrogens is 184 g/mol. The molecule has 0 unspecified atom stereocenters. The molecule has 76 valence electrons. The third-order valence-corrected chi connectivity index (χ3v) is 1.76. The quantitative estimate of drug-likeness (QED) is 0.633. The second kappa shape index (κ2) is 4.57. The van der Waals surface area contributed by atoms with Gasteiger partial charge in [0.05, 0.1) is 6.61 Å². The first-order chi connectivity index (χ1) is 6.65. The van der Waals surface area contributed by atoms with E-state index in [1.54, 1.807) is 13.0 Å². The number of H-pyrrole nitrogens is 1. The largest absolute Gasteiger partial charge is 0.392 e. The highest BCUT2D eigenvalue weighted by Gasteiger charge is 1.97. The molecule has 0 saturated heterocycles. The molecular formula is C9H12N2O3. The van der Waals surface area contributed by atoms with Crippen molar-refractivity contribution in [3.05, 3.63) is 44.8 Å². The molecule has 0 radical (unpaired) electrons. The highest BCUT2D eigenvalue weighted by Crippen LogP contribution is 1.85. The summed E-state index contributed by atoms with van der Waals surface area (Å²) in [5.41, 5.74) is -0.317. The third-order valence-electron chi connectivity index (χ3n) is 1.76. The van der Waals surface area contributed by atoms with Crippen LogP contribution in [-0.2, 0) is 6.54 Å². The normalized spacial score (nSPS) is 11.0. The van der Waals surface area contributed by atoms with Crippen LogP contribution in [0, 0.1) is 6.92 Å². The predicted octanol–water partition coefficient (Wildman–Crippen LogP) is -0.606. The second-order valence-corrected chi connectivity index (χ2v) is 2.88. The SMILES string of the molecule is Cc1cn(C/C=C\CO)c(=O)[nH]c1=O. The minimum absolute atomic E-state index is 0.0584. The zero-order valence-corrected chi connectivity index (χ0v) is 7.86. The van der Waals surface area contributed by atoms with Gasteiger partial charge < -0.3 is 5.11 Å². The van der Waals surface area contributed by atoms with Gasteiger partial charge in [-0.3, -0.25) is 14.3 Å². The fourth-order valence-electron chi connectivity index (χ4n) is 1.02. The number of allylic oxidation sites excluding steroid dienone is 1. The Bertz CT molecular complexity index is 442. The number of hydrogen-bond acceptors (Lipinski definition) is 3. The molecule has 1 rings (SSSR count). The first kappa shape index (κ1) is 10.5. The average Bonchev–Trinajstić information content (AvgIpc) is 2.14. The van der Waals surface area contributed by atoms with Crippen LogP contribution in [0.4, 0.5) is 0 Å². The zero-order valence-electron chi connectivity index (χ0n) is 7.86. The van der Waals surface area contributed by atoms with Gasteiger partial charge in [-0.15, -0.1) is 0 Å². The highest BCUT2D eigenvalue weighted by atomic mass is 16.2. The lowest BCUT2D eigenvalue weighted by Crippen LogP contribution is -2.30. The number of hydrogen-bond donors (Lipinski definition) is 2. The van der Waals surface area contributed by atoms with Gasteiger partial charge in [-0.2, -0.15) is 0 Å². The summed E-state index contributed by atoms with van der Waals surface area (Å²) in [6.45, 7) is 1.92. The molecule has 1 heterocycles. The monoisotopic (exact) mass is 196 g/mol. The number of nitrogens with zero attached hydrogens (tertiary/aromatic N) is 1. The van der Waals surface area contributed by atoms with Crippen molar-refractivity contribution in [1.29, 1.82) is 0 Å². The predicted molar refractivity (Wildman–Crippen MR) is 52.3 cm³/mol. The Morgan fingerprint density at radius 1 is 1.50 bits per heavy atom. The van der Waals surface area contributed by atoms with Gasteiger partial charge >= 0.3 is 5.69 Å². The van der Waals surface area contributed by atoms with Gasteiger partial charge in [-0.05, 0) is 6.92 Å². The summed E-state index contributed by atoms with van der Waals surface area (Å²) in [5, 5.41) is 8.48. The van der Waals surface area contributed by atoms with Crippen LogP contribution < -0.4 is 11.2 Å². The fraction of sp³-hybridized carbons (Fsp3) is 0.333. The molecule has 14 heavy (non-hydrogen) atoms. The Labute approximate surface area is 80.3 Å². The molecule has 0 bridgehead atoms. The maximum atomic E-state index is 11.2. The van der Waals surface area contributed by atoms with Crippen molar-refractivity contribution >= 4 is 0 Å². The molecule has 5 nitrogen and oxygen atoms in total. The molecule has 0 amide bonds. The lowest BCUT2D eigenvalue weighted by molar-refractivity contribution is 0.342. The van der Waals surface area contributed by atoms with Crippen molar-refractivity contribution in [2.75, 3.05) is 6.61 Å². The minimum Gasteiger partial charge on any atom is -0.392 e. The summed E-state index contributed by atoms with van der Waals surface area (Å²) in [4.78, 5) is 24.4. The second-order valence-electron chi connectivity index (χ2n) is 2.88. The van der Waals surface area contributed by atoms with Crippen molar-refractivity contribution in [3.63, 3.8) is 0 Å². The zero-order chi connectivity index (χ0) is 10.6. The number of rotatable bonds is 3. The standard InChI is InChI=1S/C9H12N2O3/c1-7-6-11(4-2-3-5-12)9(14)10-8(7)13/h2-3,6,12H,4-5H2,1H3,(H,10,13,14)/b3-2-. The Balaban J connectivity index is 2.99. The minimum atomic E-state index is -0.441. The van der Waals surface area contributed by atoms with Crippen molar-refractivity contribution < 1.29 is 5.11 Å². The summed E-state index contributed by atoms with van der Waals surface area (Å²) < 4.78 is 1.36. The smallest absolute Gasteiger partial charge is 0.328 e. The van der Waals surface area contributed by atoms with Crippen LogP contribution in [0.15, 0.2) is 27.9 Å². The van der Waals surface area contributed by atoms with Gasteiger partial charge in [0.25, 0.3) is 5.56 Å². The van der Waals surface area contributed by atoms with Crippen LogP contribution >= 0.6 is 0 Å². The molecule has 0 aliphatic carbocycles. The van der Waals surface area contributed by atoms with E-state index in [2.05, 4.69) is 4.98 Å². The van der Waals surface area contributed by atoms with Crippen LogP contribution in [0.25, 0.3) is 0 Å². The molecule has 0 aliphatic heterocycles. The Morgan fingerprint density at radius 3 is 2.86 bits per heavy atom. The fourth-order valence-corrected chi connectivity index (χ4v) is 1.02. The summed E-state index contributed by atoms with van der Waals surface area (Å²) >= 11 is 0. The molecule has 1 aromatic rings. The van der Waals surface area contributed by atoms with E-state index in [0.717, 1.165) is 0 Å². The van der Waals surface area contributed by atoms with E-state index < -0.39 is 5.69 Å². The van der Waals surface area contributed by atoms with E-state index >= 15 is 0 Å². The molecule has 0 atom stereocenters. The maximum Gasteiger partial charge on any atom is 0.328 e. The number of aliphatic hydroxyl groups excluding tert-OH is 1. The van der Waals surface area contributed by atoms with Crippen molar-refractivity contribution in [2.24, 2.45) is 0 Å². The molecule has 2 N–H and O–H groups in total. The van der Waals surface area contributed by atoms with Gasteiger partial charge in [-0.1, -0.05) is 12.2 Å². The Hall–Kier alpha value is -1.62. The van der Waals surface area contributed by atoms with Crippen molar-refractivity contribution in [3.8, 4) is 0 Å². The average molecular weight is 196 g/mol. The molecule has 0 aromatic carbocycles. The van der Waals surface area contributed by atoms with Crippen LogP contribution in [0.5, 0.6) is 0 Å². The van der Waals surface area contributed by atoms with Crippen LogP contribution in [0.2, 0.25) is 0 Å². The van der Waals surface area contributed by atoms with Gasteiger partial charge in [0.15, 0.2) is 0 Å². The van der Waals surface area contributed by atoms with Gasteiger partial charge in [0, 0.05) is 18.3 Å². The highest BCUT2D eigenvalue weighted by molar-refractivity contribution is 5.01. The third kappa shape index (κ3) is 2.43. The topological polar surface area (TPSA) is 75.1 Å². The lowest BCUT2D eigenvalue weighted by atomic mass is 10.4. The number of aromatic nitrogens is 2. The van der Waals surface area contributed by atoms with Gasteiger partial charge in [-0.25, -0.2) is 4.79 Å². The summed E-state index contributed by atoms with van der Waals surface area (Å²) in [7, 11) is 0. The van der Waals surface area contributed by atoms with Crippen molar-refractivity contribution in [1.82, 2.24) is 9.55 Å². The summed E-state index contributed by atoms with van der Waals surface area (Å²) in [5.74, 6) is 0. The molecule has 5 heteroatoms. The number of aromatic amines is 1. The molecule has 0 saturated carbocycles. The first-order valence-electron chi connectivity index (χ1n) is 4.21. The van der Waals surface area contributed by atoms with Crippen LogP contribution in [0.1, 0.15) is 5.56 Å². The molecule has 0 aliphatic rings. The summed E-state index contributed by atoms with van der Waals surface area (Å²) in [6, 6.07) is 0. The molecule has 0 fully saturated rings. The molecule has 1 aromatic heterocycles. The lowest BCUT2D eigenvalue weighted by Gasteiger charge is -2.01. The molecule has 0 spiro atoms. The van der Waals surface area contributed by atoms with E-state index in [1.165, 1.54) is 16.8 Å². The number of nitrogens with one attached hydrogen (secondary N) is 1. The summed E-state index contributed by atoms with van der Waals surface area (Å²) in [6.07, 6.45) is 4.68. The van der Waals surface area contributed by atoms with Gasteiger partial charge in [0.1, 0.15) is 0 Å². The van der Waals surface area contributed by atoms with E-state index in [9.17, 15) is 9.59 Å².